The predicted molar refractivity (Wildman–Crippen MR) is 93.2 cm³/mol. The summed E-state index contributed by atoms with van der Waals surface area (Å²) in [7, 11) is 1.45. The molecule has 1 amide bonds. The predicted octanol–water partition coefficient (Wildman–Crippen LogP) is 3.34. The van der Waals surface area contributed by atoms with E-state index >= 15 is 0 Å². The molecule has 6 nitrogen and oxygen atoms in total. The van der Waals surface area contributed by atoms with Crippen molar-refractivity contribution in [3.05, 3.63) is 65.6 Å². The van der Waals surface area contributed by atoms with Gasteiger partial charge in [-0.1, -0.05) is 6.07 Å². The van der Waals surface area contributed by atoms with Gasteiger partial charge in [0, 0.05) is 18.4 Å². The summed E-state index contributed by atoms with van der Waals surface area (Å²) in [5.74, 6) is -1.52. The van der Waals surface area contributed by atoms with E-state index in [1.165, 1.54) is 24.1 Å². The molecule has 1 aliphatic heterocycles. The van der Waals surface area contributed by atoms with Gasteiger partial charge in [-0.2, -0.15) is 0 Å². The number of carbonyl (C=O) groups is 1. The monoisotopic (exact) mass is 371 g/mol. The van der Waals surface area contributed by atoms with Crippen LogP contribution in [0.15, 0.2) is 42.7 Å². The number of nitrogens with zero attached hydrogens (tertiary/aromatic N) is 2. The van der Waals surface area contributed by atoms with E-state index in [1.807, 2.05) is 0 Å². The molecular weight excluding hydrogens is 356 g/mol. The molecule has 2 aromatic carbocycles. The van der Waals surface area contributed by atoms with Gasteiger partial charge in [-0.05, 0) is 29.8 Å². The molecule has 0 saturated heterocycles. The standard InChI is InChI=1S/C19H15F2N3O3/c1-27-16-3-2-10(4-15(16)25)14-8-17(26)23-19-18(14)22-9-24(19)13-6-11(20)5-12(21)7-13/h2-7,9,14,25H,8H2,1H3,(H,23,26). The van der Waals surface area contributed by atoms with Gasteiger partial charge in [0.25, 0.3) is 0 Å². The summed E-state index contributed by atoms with van der Waals surface area (Å²) in [5.41, 5.74) is 1.43. The topological polar surface area (TPSA) is 76.4 Å². The quantitative estimate of drug-likeness (QED) is 0.740. The molecule has 0 saturated carbocycles. The largest absolute Gasteiger partial charge is 0.504 e. The van der Waals surface area contributed by atoms with Crippen molar-refractivity contribution >= 4 is 11.7 Å². The Kier molecular flexibility index (Phi) is 4.02. The van der Waals surface area contributed by atoms with Gasteiger partial charge < -0.3 is 15.2 Å². The van der Waals surface area contributed by atoms with Crippen molar-refractivity contribution in [2.45, 2.75) is 12.3 Å². The summed E-state index contributed by atoms with van der Waals surface area (Å²) < 4.78 is 33.6. The van der Waals surface area contributed by atoms with Crippen molar-refractivity contribution in [2.24, 2.45) is 0 Å². The molecule has 4 rings (SSSR count). The molecule has 0 aliphatic carbocycles. The Balaban J connectivity index is 1.81. The maximum atomic E-state index is 13.6. The van der Waals surface area contributed by atoms with E-state index in [9.17, 15) is 18.7 Å². The van der Waals surface area contributed by atoms with Gasteiger partial charge in [-0.3, -0.25) is 9.36 Å². The first kappa shape index (κ1) is 17.0. The number of aromatic nitrogens is 2. The number of phenolic OH excluding ortho intramolecular Hbond substituents is 1. The first-order chi connectivity index (χ1) is 13.0. The van der Waals surface area contributed by atoms with Gasteiger partial charge in [0.05, 0.1) is 18.5 Å². The Hall–Kier alpha value is -3.42. The van der Waals surface area contributed by atoms with Crippen molar-refractivity contribution in [3.63, 3.8) is 0 Å². The van der Waals surface area contributed by atoms with Gasteiger partial charge in [0.15, 0.2) is 11.5 Å². The molecule has 2 N–H and O–H groups in total. The first-order valence-electron chi connectivity index (χ1n) is 8.16. The molecule has 0 radical (unpaired) electrons. The average molecular weight is 371 g/mol. The molecule has 1 unspecified atom stereocenters. The minimum absolute atomic E-state index is 0.0471. The highest BCUT2D eigenvalue weighted by molar-refractivity contribution is 5.94. The fourth-order valence-corrected chi connectivity index (χ4v) is 3.28. The van der Waals surface area contributed by atoms with Gasteiger partial charge in [-0.25, -0.2) is 13.8 Å². The molecular formula is C19H15F2N3O3. The number of hydrogen-bond donors (Lipinski definition) is 2. The number of benzene rings is 2. The fraction of sp³-hybridized carbons (Fsp3) is 0.158. The number of rotatable bonds is 3. The third-order valence-corrected chi connectivity index (χ3v) is 4.50. The molecule has 1 atom stereocenters. The number of ether oxygens (including phenoxy) is 1. The van der Waals surface area contributed by atoms with Crippen LogP contribution >= 0.6 is 0 Å². The number of fused-ring (bicyclic) bond motifs is 1. The number of aromatic hydroxyl groups is 1. The molecule has 27 heavy (non-hydrogen) atoms. The molecule has 0 fully saturated rings. The van der Waals surface area contributed by atoms with Crippen molar-refractivity contribution in [1.82, 2.24) is 9.55 Å². The molecule has 0 bridgehead atoms. The number of methoxy groups -OCH3 is 1. The SMILES string of the molecule is COc1ccc(C2CC(=O)Nc3c2ncn3-c2cc(F)cc(F)c2)cc1O. The number of phenols is 1. The zero-order valence-corrected chi connectivity index (χ0v) is 14.2. The Bertz CT molecular complexity index is 1030. The summed E-state index contributed by atoms with van der Waals surface area (Å²) in [4.78, 5) is 16.6. The van der Waals surface area contributed by atoms with Crippen LogP contribution in [0.5, 0.6) is 11.5 Å². The molecule has 1 aromatic heterocycles. The number of amides is 1. The lowest BCUT2D eigenvalue weighted by Gasteiger charge is -2.23. The molecule has 2 heterocycles. The van der Waals surface area contributed by atoms with Gasteiger partial charge in [-0.15, -0.1) is 0 Å². The Morgan fingerprint density at radius 1 is 1.22 bits per heavy atom. The number of nitrogens with one attached hydrogen (secondary N) is 1. The summed E-state index contributed by atoms with van der Waals surface area (Å²) in [6.07, 6.45) is 1.54. The van der Waals surface area contributed by atoms with Crippen molar-refractivity contribution < 1.29 is 23.4 Å². The van der Waals surface area contributed by atoms with E-state index in [2.05, 4.69) is 10.3 Å². The van der Waals surface area contributed by atoms with E-state index in [0.29, 0.717) is 22.8 Å². The van der Waals surface area contributed by atoms with Gasteiger partial charge in [0.1, 0.15) is 23.8 Å². The van der Waals surface area contributed by atoms with E-state index in [-0.39, 0.29) is 23.8 Å². The molecule has 3 aromatic rings. The van der Waals surface area contributed by atoms with Crippen LogP contribution in [0.2, 0.25) is 0 Å². The highest BCUT2D eigenvalue weighted by atomic mass is 19.1. The lowest BCUT2D eigenvalue weighted by atomic mass is 9.89. The van der Waals surface area contributed by atoms with Gasteiger partial charge in [0.2, 0.25) is 5.91 Å². The van der Waals surface area contributed by atoms with Crippen LogP contribution in [-0.4, -0.2) is 27.7 Å². The molecule has 0 spiro atoms. The second-order valence-corrected chi connectivity index (χ2v) is 6.21. The lowest BCUT2D eigenvalue weighted by Crippen LogP contribution is -2.25. The van der Waals surface area contributed by atoms with Crippen molar-refractivity contribution in [2.75, 3.05) is 12.4 Å². The summed E-state index contributed by atoms with van der Waals surface area (Å²) in [5, 5.41) is 12.8. The van der Waals surface area contributed by atoms with Crippen LogP contribution < -0.4 is 10.1 Å². The highest BCUT2D eigenvalue weighted by Crippen LogP contribution is 2.39. The van der Waals surface area contributed by atoms with Crippen LogP contribution in [0.3, 0.4) is 0 Å². The normalized spacial score (nSPS) is 16.0. The van der Waals surface area contributed by atoms with E-state index in [4.69, 9.17) is 4.74 Å². The summed E-state index contributed by atoms with van der Waals surface area (Å²) in [6, 6.07) is 7.95. The number of anilines is 1. The molecule has 1 aliphatic rings. The van der Waals surface area contributed by atoms with Crippen LogP contribution in [0.25, 0.3) is 5.69 Å². The summed E-state index contributed by atoms with van der Waals surface area (Å²) >= 11 is 0. The van der Waals surface area contributed by atoms with E-state index in [1.54, 1.807) is 12.1 Å². The highest BCUT2D eigenvalue weighted by Gasteiger charge is 2.31. The van der Waals surface area contributed by atoms with Crippen LogP contribution in [-0.2, 0) is 4.79 Å². The number of halogens is 2. The maximum absolute atomic E-state index is 13.6. The Morgan fingerprint density at radius 3 is 2.63 bits per heavy atom. The fourth-order valence-electron chi connectivity index (χ4n) is 3.28. The van der Waals surface area contributed by atoms with Crippen LogP contribution in [0.1, 0.15) is 23.6 Å². The summed E-state index contributed by atoms with van der Waals surface area (Å²) in [6.45, 7) is 0. The smallest absolute Gasteiger partial charge is 0.226 e. The zero-order valence-electron chi connectivity index (χ0n) is 14.2. The van der Waals surface area contributed by atoms with Crippen LogP contribution in [0.4, 0.5) is 14.6 Å². The average Bonchev–Trinajstić information content (AvgIpc) is 3.03. The number of carbonyl (C=O) groups excluding carboxylic acids is 1. The van der Waals surface area contributed by atoms with Crippen LogP contribution in [0, 0.1) is 11.6 Å². The van der Waals surface area contributed by atoms with Crippen molar-refractivity contribution in [1.29, 1.82) is 0 Å². The first-order valence-corrected chi connectivity index (χ1v) is 8.16. The number of hydrogen-bond acceptors (Lipinski definition) is 4. The van der Waals surface area contributed by atoms with Crippen molar-refractivity contribution in [3.8, 4) is 17.2 Å². The minimum atomic E-state index is -0.730. The number of imidazole rings is 1. The van der Waals surface area contributed by atoms with E-state index in [0.717, 1.165) is 18.2 Å². The lowest BCUT2D eigenvalue weighted by molar-refractivity contribution is -0.116. The van der Waals surface area contributed by atoms with Gasteiger partial charge >= 0.3 is 0 Å². The second kappa shape index (κ2) is 6.39. The third-order valence-electron chi connectivity index (χ3n) is 4.50. The van der Waals surface area contributed by atoms with E-state index < -0.39 is 17.6 Å². The second-order valence-electron chi connectivity index (χ2n) is 6.21. The Morgan fingerprint density at radius 2 is 1.96 bits per heavy atom. The minimum Gasteiger partial charge on any atom is -0.504 e. The third kappa shape index (κ3) is 2.99. The molecule has 8 heteroatoms. The maximum Gasteiger partial charge on any atom is 0.226 e. The zero-order chi connectivity index (χ0) is 19.1. The Labute approximate surface area is 153 Å². The molecule has 138 valence electrons.